The lowest BCUT2D eigenvalue weighted by Crippen LogP contribution is -2.06. The summed E-state index contributed by atoms with van der Waals surface area (Å²) in [6.07, 6.45) is 2.98. The Morgan fingerprint density at radius 2 is 1.33 bits per heavy atom. The molecule has 3 aromatic rings. The smallest absolute Gasteiger partial charge is 0.333 e. The fourth-order valence-corrected chi connectivity index (χ4v) is 3.26. The van der Waals surface area contributed by atoms with Crippen molar-refractivity contribution in [2.24, 2.45) is 0 Å². The fourth-order valence-electron chi connectivity index (χ4n) is 3.26. The van der Waals surface area contributed by atoms with E-state index in [9.17, 15) is 14.4 Å². The summed E-state index contributed by atoms with van der Waals surface area (Å²) >= 11 is 0. The predicted octanol–water partition coefficient (Wildman–Crippen LogP) is 5.01. The molecule has 0 aliphatic carbocycles. The molecule has 0 spiro atoms. The Balaban J connectivity index is 0.000000277. The van der Waals surface area contributed by atoms with Gasteiger partial charge in [-0.3, -0.25) is 0 Å². The number of allylic oxidation sites excluding steroid dienone is 1. The summed E-state index contributed by atoms with van der Waals surface area (Å²) in [7, 11) is 2.63. The highest BCUT2D eigenvalue weighted by Crippen LogP contribution is 2.30. The van der Waals surface area contributed by atoms with Crippen LogP contribution in [0.5, 0.6) is 0 Å². The lowest BCUT2D eigenvalue weighted by molar-refractivity contribution is -0.137. The summed E-state index contributed by atoms with van der Waals surface area (Å²) in [6.45, 7) is 7.26. The summed E-state index contributed by atoms with van der Waals surface area (Å²) in [5.41, 5.74) is 1.83. The third-order valence-electron chi connectivity index (χ3n) is 4.85. The van der Waals surface area contributed by atoms with Gasteiger partial charge in [-0.1, -0.05) is 67.8 Å². The molecule has 0 aliphatic rings. The van der Waals surface area contributed by atoms with Gasteiger partial charge in [0, 0.05) is 23.6 Å². The number of carbonyl (C=O) groups is 3. The van der Waals surface area contributed by atoms with E-state index in [0.717, 1.165) is 22.4 Å². The second-order valence-electron chi connectivity index (χ2n) is 7.11. The Kier molecular flexibility index (Phi) is 9.12. The van der Waals surface area contributed by atoms with E-state index in [2.05, 4.69) is 48.2 Å². The molecule has 6 nitrogen and oxygen atoms in total. The highest BCUT2D eigenvalue weighted by atomic mass is 16.5. The molecule has 0 saturated carbocycles. The number of methoxy groups -OCH3 is 2. The van der Waals surface area contributed by atoms with Gasteiger partial charge >= 0.3 is 17.9 Å². The number of fused-ring (bicyclic) bond motifs is 2. The van der Waals surface area contributed by atoms with E-state index in [-0.39, 0.29) is 18.0 Å². The zero-order valence-electron chi connectivity index (χ0n) is 18.7. The zero-order chi connectivity index (χ0) is 24.4. The molecular formula is C27H26O6. The molecule has 0 bridgehead atoms. The monoisotopic (exact) mass is 446 g/mol. The van der Waals surface area contributed by atoms with E-state index in [1.807, 2.05) is 24.3 Å². The third kappa shape index (κ3) is 6.90. The summed E-state index contributed by atoms with van der Waals surface area (Å²) in [6, 6.07) is 18.6. The van der Waals surface area contributed by atoms with Crippen LogP contribution >= 0.6 is 0 Å². The Hall–Kier alpha value is -4.19. The van der Waals surface area contributed by atoms with Crippen LogP contribution < -0.4 is 0 Å². The molecule has 0 unspecified atom stereocenters. The van der Waals surface area contributed by atoms with Crippen LogP contribution in [-0.2, 0) is 30.3 Å². The van der Waals surface area contributed by atoms with Crippen LogP contribution in [-0.4, -0.2) is 37.2 Å². The summed E-state index contributed by atoms with van der Waals surface area (Å²) in [5, 5.41) is 12.8. The molecule has 0 heterocycles. The zero-order valence-corrected chi connectivity index (χ0v) is 18.7. The topological polar surface area (TPSA) is 89.9 Å². The first kappa shape index (κ1) is 25.1. The van der Waals surface area contributed by atoms with E-state index in [1.165, 1.54) is 31.1 Å². The van der Waals surface area contributed by atoms with Gasteiger partial charge in [0.1, 0.15) is 0 Å². The van der Waals surface area contributed by atoms with E-state index < -0.39 is 11.9 Å². The minimum absolute atomic E-state index is 0.193. The minimum Gasteiger partial charge on any atom is -0.478 e. The van der Waals surface area contributed by atoms with Gasteiger partial charge in [-0.15, -0.1) is 0 Å². The second-order valence-corrected chi connectivity index (χ2v) is 7.11. The molecule has 3 aromatic carbocycles. The third-order valence-corrected chi connectivity index (χ3v) is 4.85. The number of benzene rings is 3. The lowest BCUT2D eigenvalue weighted by atomic mass is 9.93. The number of carboxylic acids is 1. The van der Waals surface area contributed by atoms with E-state index in [0.29, 0.717) is 12.0 Å². The van der Waals surface area contributed by atoms with Crippen molar-refractivity contribution in [3.05, 3.63) is 96.6 Å². The molecular weight excluding hydrogens is 420 g/mol. The second kappa shape index (κ2) is 12.0. The number of carbonyl (C=O) groups excluding carboxylic acids is 2. The molecule has 0 aliphatic heterocycles. The minimum atomic E-state index is -1.05. The predicted molar refractivity (Wildman–Crippen MR) is 129 cm³/mol. The molecule has 0 atom stereocenters. The average Bonchev–Trinajstić information content (AvgIpc) is 2.82. The van der Waals surface area contributed by atoms with Crippen LogP contribution in [0.4, 0.5) is 0 Å². The van der Waals surface area contributed by atoms with Gasteiger partial charge in [0.2, 0.25) is 0 Å². The van der Waals surface area contributed by atoms with Gasteiger partial charge in [-0.05, 0) is 39.6 Å². The van der Waals surface area contributed by atoms with Gasteiger partial charge in [0.25, 0.3) is 0 Å². The standard InChI is InChI=1S/C19H16O2.C8H10O4/c1-13(19(20)21-2)11-18-16-9-5-3-7-14(16)12-15-8-4-6-10-17(15)18;1-6(8(11)12-2)4-3-5-7(9)10/h3-10,12H,1,11H2,2H3;3,5H,1,4H2,2H3,(H,9,10). The SMILES string of the molecule is C=C(CC=CC(=O)O)C(=O)OC.C=C(Cc1c2ccccc2cc2ccccc12)C(=O)OC. The largest absolute Gasteiger partial charge is 0.478 e. The van der Waals surface area contributed by atoms with Crippen LogP contribution in [0.2, 0.25) is 0 Å². The highest BCUT2D eigenvalue weighted by Gasteiger charge is 2.13. The van der Waals surface area contributed by atoms with Crippen molar-refractivity contribution in [2.75, 3.05) is 14.2 Å². The van der Waals surface area contributed by atoms with Crippen molar-refractivity contribution >= 4 is 39.5 Å². The van der Waals surface area contributed by atoms with Crippen molar-refractivity contribution in [3.63, 3.8) is 0 Å². The van der Waals surface area contributed by atoms with Crippen molar-refractivity contribution in [1.29, 1.82) is 0 Å². The number of esters is 2. The van der Waals surface area contributed by atoms with Gasteiger partial charge in [-0.2, -0.15) is 0 Å². The molecule has 33 heavy (non-hydrogen) atoms. The molecule has 170 valence electrons. The Morgan fingerprint density at radius 3 is 1.82 bits per heavy atom. The number of rotatable bonds is 7. The van der Waals surface area contributed by atoms with E-state index in [4.69, 9.17) is 9.84 Å². The molecule has 0 fully saturated rings. The number of ether oxygens (including phenoxy) is 2. The molecule has 0 radical (unpaired) electrons. The van der Waals surface area contributed by atoms with Crippen molar-refractivity contribution in [3.8, 4) is 0 Å². The molecule has 6 heteroatoms. The van der Waals surface area contributed by atoms with E-state index >= 15 is 0 Å². The van der Waals surface area contributed by atoms with Crippen LogP contribution in [0.15, 0.2) is 91.1 Å². The summed E-state index contributed by atoms with van der Waals surface area (Å²) in [4.78, 5) is 32.3. The first-order valence-electron chi connectivity index (χ1n) is 10.1. The van der Waals surface area contributed by atoms with Crippen LogP contribution in [0.25, 0.3) is 21.5 Å². The van der Waals surface area contributed by atoms with Crippen molar-refractivity contribution in [1.82, 2.24) is 0 Å². The van der Waals surface area contributed by atoms with Crippen LogP contribution in [0.1, 0.15) is 12.0 Å². The molecule has 0 amide bonds. The maximum Gasteiger partial charge on any atom is 0.333 e. The van der Waals surface area contributed by atoms with Gasteiger partial charge < -0.3 is 14.6 Å². The average molecular weight is 446 g/mol. The first-order chi connectivity index (χ1) is 15.8. The normalized spacial score (nSPS) is 10.4. The van der Waals surface area contributed by atoms with Gasteiger partial charge in [0.05, 0.1) is 14.2 Å². The summed E-state index contributed by atoms with van der Waals surface area (Å²) < 4.78 is 9.12. The lowest BCUT2D eigenvalue weighted by Gasteiger charge is -2.12. The maximum absolute atomic E-state index is 11.7. The Morgan fingerprint density at radius 1 is 0.848 bits per heavy atom. The van der Waals surface area contributed by atoms with E-state index in [1.54, 1.807) is 0 Å². The van der Waals surface area contributed by atoms with Gasteiger partial charge in [-0.25, -0.2) is 14.4 Å². The Bertz CT molecular complexity index is 1180. The molecule has 0 saturated heterocycles. The fraction of sp³-hybridized carbons (Fsp3) is 0.148. The molecule has 0 aromatic heterocycles. The number of aliphatic carboxylic acids is 1. The number of hydrogen-bond donors (Lipinski definition) is 1. The van der Waals surface area contributed by atoms with Crippen LogP contribution in [0, 0.1) is 0 Å². The number of hydrogen-bond acceptors (Lipinski definition) is 5. The molecule has 3 rings (SSSR count). The highest BCUT2D eigenvalue weighted by molar-refractivity contribution is 6.03. The quantitative estimate of drug-likeness (QED) is 0.312. The maximum atomic E-state index is 11.7. The number of carboxylic acid groups (broad SMARTS) is 1. The summed E-state index contributed by atoms with van der Waals surface area (Å²) in [5.74, 6) is -1.93. The first-order valence-corrected chi connectivity index (χ1v) is 10.1. The molecule has 1 N–H and O–H groups in total. The van der Waals surface area contributed by atoms with Crippen LogP contribution in [0.3, 0.4) is 0 Å². The van der Waals surface area contributed by atoms with Crippen molar-refractivity contribution < 1.29 is 29.0 Å². The van der Waals surface area contributed by atoms with Crippen molar-refractivity contribution in [2.45, 2.75) is 12.8 Å². The van der Waals surface area contributed by atoms with Gasteiger partial charge in [0.15, 0.2) is 0 Å². The Labute approximate surface area is 192 Å².